The lowest BCUT2D eigenvalue weighted by Crippen LogP contribution is -2.19. The first kappa shape index (κ1) is 11.4. The van der Waals surface area contributed by atoms with E-state index in [4.69, 9.17) is 5.11 Å². The number of aliphatic carboxylic acids is 1. The SMILES string of the molecule is CCCC(=O)O.O=C1C=CC(=O)N1. The minimum Gasteiger partial charge on any atom is -0.481 e. The van der Waals surface area contributed by atoms with Gasteiger partial charge in [-0.2, -0.15) is 0 Å². The molecule has 13 heavy (non-hydrogen) atoms. The van der Waals surface area contributed by atoms with E-state index in [0.717, 1.165) is 6.42 Å². The van der Waals surface area contributed by atoms with Crippen molar-refractivity contribution in [3.8, 4) is 0 Å². The van der Waals surface area contributed by atoms with Gasteiger partial charge >= 0.3 is 5.97 Å². The summed E-state index contributed by atoms with van der Waals surface area (Å²) in [6.45, 7) is 1.84. The van der Waals surface area contributed by atoms with E-state index in [2.05, 4.69) is 0 Å². The summed E-state index contributed by atoms with van der Waals surface area (Å²) in [6, 6.07) is 0. The second-order valence-corrected chi connectivity index (χ2v) is 2.33. The molecule has 72 valence electrons. The van der Waals surface area contributed by atoms with Gasteiger partial charge in [0.1, 0.15) is 0 Å². The van der Waals surface area contributed by atoms with Gasteiger partial charge in [0.2, 0.25) is 0 Å². The predicted molar refractivity (Wildman–Crippen MR) is 44.8 cm³/mol. The molecular weight excluding hydrogens is 174 g/mol. The number of amides is 2. The Labute approximate surface area is 75.4 Å². The molecular formula is C8H11NO4. The van der Waals surface area contributed by atoms with E-state index in [1.165, 1.54) is 12.2 Å². The van der Waals surface area contributed by atoms with Crippen LogP contribution in [0.5, 0.6) is 0 Å². The normalized spacial score (nSPS) is 13.3. The third-order valence-corrected chi connectivity index (χ3v) is 1.10. The fourth-order valence-corrected chi connectivity index (χ4v) is 0.570. The third kappa shape index (κ3) is 6.74. The molecule has 0 fully saturated rings. The average molecular weight is 185 g/mol. The second kappa shape index (κ2) is 5.93. The number of carbonyl (C=O) groups is 3. The molecule has 0 saturated heterocycles. The van der Waals surface area contributed by atoms with Crippen molar-refractivity contribution in [3.05, 3.63) is 12.2 Å². The minimum absolute atomic E-state index is 0.292. The van der Waals surface area contributed by atoms with Crippen LogP contribution in [0.2, 0.25) is 0 Å². The molecule has 0 unspecified atom stereocenters. The molecule has 1 aliphatic rings. The Morgan fingerprint density at radius 1 is 1.38 bits per heavy atom. The Morgan fingerprint density at radius 3 is 1.92 bits per heavy atom. The minimum atomic E-state index is -0.711. The molecule has 0 radical (unpaired) electrons. The molecule has 1 aliphatic heterocycles. The first-order valence-electron chi connectivity index (χ1n) is 3.81. The van der Waals surface area contributed by atoms with Crippen molar-refractivity contribution in [2.45, 2.75) is 19.8 Å². The number of carbonyl (C=O) groups excluding carboxylic acids is 2. The van der Waals surface area contributed by atoms with Gasteiger partial charge in [0, 0.05) is 18.6 Å². The summed E-state index contributed by atoms with van der Waals surface area (Å²) >= 11 is 0. The molecule has 0 aromatic carbocycles. The zero-order chi connectivity index (χ0) is 10.3. The van der Waals surface area contributed by atoms with Crippen molar-refractivity contribution in [2.75, 3.05) is 0 Å². The van der Waals surface area contributed by atoms with E-state index < -0.39 is 5.97 Å². The van der Waals surface area contributed by atoms with Crippen LogP contribution < -0.4 is 5.32 Å². The van der Waals surface area contributed by atoms with Crippen molar-refractivity contribution in [1.29, 1.82) is 0 Å². The van der Waals surface area contributed by atoms with Crippen LogP contribution in [0, 0.1) is 0 Å². The lowest BCUT2D eigenvalue weighted by molar-refractivity contribution is -0.137. The molecule has 0 aromatic heterocycles. The van der Waals surface area contributed by atoms with Gasteiger partial charge in [-0.15, -0.1) is 0 Å². The molecule has 0 spiro atoms. The lowest BCUT2D eigenvalue weighted by atomic mass is 10.4. The van der Waals surface area contributed by atoms with Gasteiger partial charge < -0.3 is 5.11 Å². The maximum Gasteiger partial charge on any atom is 0.303 e. The van der Waals surface area contributed by atoms with Crippen molar-refractivity contribution >= 4 is 17.8 Å². The first-order chi connectivity index (χ1) is 6.06. The summed E-state index contributed by atoms with van der Waals surface area (Å²) in [5.74, 6) is -1.37. The highest BCUT2D eigenvalue weighted by Gasteiger charge is 2.06. The first-order valence-corrected chi connectivity index (χ1v) is 3.81. The van der Waals surface area contributed by atoms with Gasteiger partial charge in [0.05, 0.1) is 0 Å². The quantitative estimate of drug-likeness (QED) is 0.596. The Morgan fingerprint density at radius 2 is 1.85 bits per heavy atom. The summed E-state index contributed by atoms with van der Waals surface area (Å²) in [6.07, 6.45) is 3.42. The van der Waals surface area contributed by atoms with Crippen LogP contribution in [0.1, 0.15) is 19.8 Å². The third-order valence-electron chi connectivity index (χ3n) is 1.10. The Bertz CT molecular complexity index is 229. The number of nitrogens with one attached hydrogen (secondary N) is 1. The molecule has 0 aliphatic carbocycles. The highest BCUT2D eigenvalue weighted by molar-refractivity contribution is 6.12. The van der Waals surface area contributed by atoms with Gasteiger partial charge in [-0.1, -0.05) is 6.92 Å². The van der Waals surface area contributed by atoms with Crippen molar-refractivity contribution in [3.63, 3.8) is 0 Å². The van der Waals surface area contributed by atoms with Crippen LogP contribution in [0.4, 0.5) is 0 Å². The number of rotatable bonds is 2. The van der Waals surface area contributed by atoms with Gasteiger partial charge in [-0.25, -0.2) is 0 Å². The monoisotopic (exact) mass is 185 g/mol. The maximum atomic E-state index is 10.0. The van der Waals surface area contributed by atoms with E-state index in [1.807, 2.05) is 12.2 Å². The summed E-state index contributed by atoms with van der Waals surface area (Å²) in [5.41, 5.74) is 0. The lowest BCUT2D eigenvalue weighted by Gasteiger charge is -1.80. The second-order valence-electron chi connectivity index (χ2n) is 2.33. The molecule has 1 heterocycles. The summed E-state index contributed by atoms with van der Waals surface area (Å²) < 4.78 is 0. The summed E-state index contributed by atoms with van der Waals surface area (Å²) in [4.78, 5) is 29.7. The number of imide groups is 1. The fourth-order valence-electron chi connectivity index (χ4n) is 0.570. The molecule has 1 rings (SSSR count). The van der Waals surface area contributed by atoms with Gasteiger partial charge in [-0.05, 0) is 6.42 Å². The molecule has 5 heteroatoms. The molecule has 0 aromatic rings. The molecule has 0 bridgehead atoms. The Balaban J connectivity index is 0.000000226. The number of hydrogen-bond donors (Lipinski definition) is 2. The van der Waals surface area contributed by atoms with Crippen molar-refractivity contribution in [2.24, 2.45) is 0 Å². The zero-order valence-electron chi connectivity index (χ0n) is 7.24. The maximum absolute atomic E-state index is 10.0. The van der Waals surface area contributed by atoms with Crippen LogP contribution in [-0.4, -0.2) is 22.9 Å². The zero-order valence-corrected chi connectivity index (χ0v) is 7.24. The van der Waals surface area contributed by atoms with Gasteiger partial charge in [0.25, 0.3) is 11.8 Å². The van der Waals surface area contributed by atoms with Crippen LogP contribution in [-0.2, 0) is 14.4 Å². The summed E-state index contributed by atoms with van der Waals surface area (Å²) in [5, 5.41) is 9.94. The predicted octanol–water partition coefficient (Wildman–Crippen LogP) is 0.0701. The fraction of sp³-hybridized carbons (Fsp3) is 0.375. The van der Waals surface area contributed by atoms with E-state index >= 15 is 0 Å². The van der Waals surface area contributed by atoms with E-state index in [9.17, 15) is 14.4 Å². The standard InChI is InChI=1S/C4H3NO2.C4H8O2/c6-3-1-2-4(7)5-3;1-2-3-4(5)6/h1-2H,(H,5,6,7);2-3H2,1H3,(H,5,6). The van der Waals surface area contributed by atoms with Crippen LogP contribution in [0.3, 0.4) is 0 Å². The molecule has 0 atom stereocenters. The smallest absolute Gasteiger partial charge is 0.303 e. The van der Waals surface area contributed by atoms with Gasteiger partial charge in [-0.3, -0.25) is 19.7 Å². The number of hydrogen-bond acceptors (Lipinski definition) is 3. The van der Waals surface area contributed by atoms with E-state index in [1.54, 1.807) is 0 Å². The molecule has 5 nitrogen and oxygen atoms in total. The van der Waals surface area contributed by atoms with Gasteiger partial charge in [0.15, 0.2) is 0 Å². The van der Waals surface area contributed by atoms with Crippen LogP contribution in [0.15, 0.2) is 12.2 Å². The number of carboxylic acid groups (broad SMARTS) is 1. The molecule has 0 saturated carbocycles. The average Bonchev–Trinajstić information content (AvgIpc) is 2.35. The number of carboxylic acids is 1. The van der Waals surface area contributed by atoms with E-state index in [-0.39, 0.29) is 11.8 Å². The summed E-state index contributed by atoms with van der Waals surface area (Å²) in [7, 11) is 0. The highest BCUT2D eigenvalue weighted by atomic mass is 16.4. The molecule has 2 N–H and O–H groups in total. The van der Waals surface area contributed by atoms with Crippen molar-refractivity contribution < 1.29 is 19.5 Å². The highest BCUT2D eigenvalue weighted by Crippen LogP contribution is 1.82. The molecule has 2 amide bonds. The Kier molecular flexibility index (Phi) is 5.18. The largest absolute Gasteiger partial charge is 0.481 e. The van der Waals surface area contributed by atoms with Crippen LogP contribution >= 0.6 is 0 Å². The van der Waals surface area contributed by atoms with E-state index in [0.29, 0.717) is 6.42 Å². The van der Waals surface area contributed by atoms with Crippen LogP contribution in [0.25, 0.3) is 0 Å². The van der Waals surface area contributed by atoms with Crippen molar-refractivity contribution in [1.82, 2.24) is 5.32 Å². The Hall–Kier alpha value is -1.65. The topological polar surface area (TPSA) is 83.5 Å².